The van der Waals surface area contributed by atoms with Gasteiger partial charge in [0.25, 0.3) is 11.8 Å². The second kappa shape index (κ2) is 15.2. The van der Waals surface area contributed by atoms with Crippen LogP contribution in [-0.2, 0) is 9.59 Å². The van der Waals surface area contributed by atoms with Gasteiger partial charge in [0.1, 0.15) is 10.9 Å². The Morgan fingerprint density at radius 2 is 1.33 bits per heavy atom. The third-order valence-electron chi connectivity index (χ3n) is 6.70. The average molecular weight is 677 g/mol. The van der Waals surface area contributed by atoms with Crippen molar-refractivity contribution in [3.8, 4) is 0 Å². The number of halogens is 1. The molecule has 0 radical (unpaired) electrons. The first-order valence-corrected chi connectivity index (χ1v) is 15.9. The van der Waals surface area contributed by atoms with Crippen LogP contribution in [0.2, 0.25) is 0 Å². The molecule has 5 aromatic rings. The van der Waals surface area contributed by atoms with E-state index in [0.717, 1.165) is 26.1 Å². The van der Waals surface area contributed by atoms with Crippen LogP contribution < -0.4 is 16.0 Å². The standard InChI is InChI=1S/C37H30BrN3O3S/c1-25-9-8-10-26(23-25)24-33(41-35(42)28-13-6-3-7-14-28)36(43)39-31-19-21-32(22-20-31)45-34(27-11-4-2-5-12-27)37(44)40-30-17-15-29(38)16-18-30/h2-24,34H,1H3,(H,39,43)(H,40,44)(H,41,42)/b33-24-. The molecule has 5 aromatic carbocycles. The van der Waals surface area contributed by atoms with Crippen LogP contribution >= 0.6 is 27.7 Å². The minimum atomic E-state index is -0.507. The quantitative estimate of drug-likeness (QED) is 0.102. The normalized spacial score (nSPS) is 11.7. The Labute approximate surface area is 275 Å². The Morgan fingerprint density at radius 3 is 2.00 bits per heavy atom. The van der Waals surface area contributed by atoms with Gasteiger partial charge in [-0.3, -0.25) is 14.4 Å². The summed E-state index contributed by atoms with van der Waals surface area (Å²) in [4.78, 5) is 40.7. The molecule has 0 saturated heterocycles. The van der Waals surface area contributed by atoms with Gasteiger partial charge in [-0.05, 0) is 84.8 Å². The van der Waals surface area contributed by atoms with Gasteiger partial charge in [-0.1, -0.05) is 94.3 Å². The van der Waals surface area contributed by atoms with Crippen molar-refractivity contribution in [2.75, 3.05) is 10.6 Å². The van der Waals surface area contributed by atoms with E-state index in [1.807, 2.05) is 104 Å². The molecule has 6 nitrogen and oxygen atoms in total. The van der Waals surface area contributed by atoms with Gasteiger partial charge >= 0.3 is 0 Å². The smallest absolute Gasteiger partial charge is 0.272 e. The minimum Gasteiger partial charge on any atom is -0.325 e. The number of carbonyl (C=O) groups is 3. The number of hydrogen-bond donors (Lipinski definition) is 3. The maximum absolute atomic E-state index is 13.4. The zero-order valence-corrected chi connectivity index (χ0v) is 26.8. The molecule has 1 unspecified atom stereocenters. The molecule has 5 rings (SSSR count). The Bertz CT molecular complexity index is 1810. The molecule has 0 aliphatic rings. The Morgan fingerprint density at radius 1 is 0.711 bits per heavy atom. The van der Waals surface area contributed by atoms with Gasteiger partial charge < -0.3 is 16.0 Å². The van der Waals surface area contributed by atoms with E-state index in [1.54, 1.807) is 42.5 Å². The summed E-state index contributed by atoms with van der Waals surface area (Å²) in [7, 11) is 0. The van der Waals surface area contributed by atoms with Crippen LogP contribution in [0.15, 0.2) is 149 Å². The summed E-state index contributed by atoms with van der Waals surface area (Å²) in [6.45, 7) is 1.96. The molecule has 45 heavy (non-hydrogen) atoms. The molecular formula is C37H30BrN3O3S. The number of aryl methyl sites for hydroxylation is 1. The van der Waals surface area contributed by atoms with Crippen molar-refractivity contribution >= 4 is 62.9 Å². The summed E-state index contributed by atoms with van der Waals surface area (Å²) < 4.78 is 0.929. The molecular weight excluding hydrogens is 646 g/mol. The zero-order valence-electron chi connectivity index (χ0n) is 24.4. The fraction of sp³-hybridized carbons (Fsp3) is 0.0541. The van der Waals surface area contributed by atoms with E-state index in [4.69, 9.17) is 0 Å². The highest BCUT2D eigenvalue weighted by Crippen LogP contribution is 2.37. The largest absolute Gasteiger partial charge is 0.325 e. The van der Waals surface area contributed by atoms with Crippen molar-refractivity contribution in [2.45, 2.75) is 17.1 Å². The van der Waals surface area contributed by atoms with Gasteiger partial charge in [-0.2, -0.15) is 0 Å². The molecule has 0 aromatic heterocycles. The monoisotopic (exact) mass is 675 g/mol. The average Bonchev–Trinajstić information content (AvgIpc) is 3.06. The summed E-state index contributed by atoms with van der Waals surface area (Å²) in [5.41, 5.74) is 4.50. The fourth-order valence-corrected chi connectivity index (χ4v) is 5.75. The van der Waals surface area contributed by atoms with Crippen LogP contribution in [0.5, 0.6) is 0 Å². The van der Waals surface area contributed by atoms with Gasteiger partial charge in [-0.25, -0.2) is 0 Å². The number of benzene rings is 5. The van der Waals surface area contributed by atoms with Crippen LogP contribution in [0.1, 0.15) is 32.3 Å². The lowest BCUT2D eigenvalue weighted by molar-refractivity contribution is -0.116. The SMILES string of the molecule is Cc1cccc(/C=C(\NC(=O)c2ccccc2)C(=O)Nc2ccc(SC(C(=O)Nc3ccc(Br)cc3)c3ccccc3)cc2)c1. The molecule has 0 bridgehead atoms. The summed E-state index contributed by atoms with van der Waals surface area (Å²) in [6.07, 6.45) is 1.65. The molecule has 0 heterocycles. The van der Waals surface area contributed by atoms with E-state index in [0.29, 0.717) is 16.9 Å². The Kier molecular flexibility index (Phi) is 10.6. The number of thioether (sulfide) groups is 1. The predicted octanol–water partition coefficient (Wildman–Crippen LogP) is 8.64. The van der Waals surface area contributed by atoms with Gasteiger partial charge in [0.15, 0.2) is 0 Å². The number of nitrogens with one attached hydrogen (secondary N) is 3. The van der Waals surface area contributed by atoms with E-state index in [9.17, 15) is 14.4 Å². The van der Waals surface area contributed by atoms with Gasteiger partial charge in [0.2, 0.25) is 5.91 Å². The van der Waals surface area contributed by atoms with Gasteiger partial charge in [0, 0.05) is 26.3 Å². The van der Waals surface area contributed by atoms with Crippen LogP contribution in [0.25, 0.3) is 6.08 Å². The molecule has 0 aliphatic carbocycles. The van der Waals surface area contributed by atoms with Crippen molar-refractivity contribution in [3.05, 3.63) is 166 Å². The summed E-state index contributed by atoms with van der Waals surface area (Å²) in [6, 6.07) is 40.7. The lowest BCUT2D eigenvalue weighted by Crippen LogP contribution is -2.30. The first kappa shape index (κ1) is 31.5. The van der Waals surface area contributed by atoms with Gasteiger partial charge in [0.05, 0.1) is 0 Å². The molecule has 0 spiro atoms. The van der Waals surface area contributed by atoms with Crippen LogP contribution in [0.4, 0.5) is 11.4 Å². The fourth-order valence-electron chi connectivity index (χ4n) is 4.46. The number of hydrogen-bond acceptors (Lipinski definition) is 4. The van der Waals surface area contributed by atoms with Crippen molar-refractivity contribution in [1.29, 1.82) is 0 Å². The van der Waals surface area contributed by atoms with Crippen molar-refractivity contribution in [3.63, 3.8) is 0 Å². The molecule has 3 N–H and O–H groups in total. The third kappa shape index (κ3) is 9.04. The lowest BCUT2D eigenvalue weighted by Gasteiger charge is -2.17. The van der Waals surface area contributed by atoms with E-state index in [2.05, 4.69) is 31.9 Å². The molecule has 3 amide bonds. The predicted molar refractivity (Wildman–Crippen MR) is 186 cm³/mol. The highest BCUT2D eigenvalue weighted by Gasteiger charge is 2.22. The first-order chi connectivity index (χ1) is 21.8. The van der Waals surface area contributed by atoms with Crippen LogP contribution in [-0.4, -0.2) is 17.7 Å². The molecule has 1 atom stereocenters. The third-order valence-corrected chi connectivity index (χ3v) is 8.50. The molecule has 0 fully saturated rings. The molecule has 224 valence electrons. The van der Waals surface area contributed by atoms with E-state index in [1.165, 1.54) is 11.8 Å². The zero-order chi connectivity index (χ0) is 31.6. The molecule has 0 aliphatic heterocycles. The lowest BCUT2D eigenvalue weighted by atomic mass is 10.1. The topological polar surface area (TPSA) is 87.3 Å². The number of amides is 3. The minimum absolute atomic E-state index is 0.113. The maximum atomic E-state index is 13.4. The maximum Gasteiger partial charge on any atom is 0.272 e. The van der Waals surface area contributed by atoms with Crippen molar-refractivity contribution < 1.29 is 14.4 Å². The summed E-state index contributed by atoms with van der Waals surface area (Å²) in [5.74, 6) is -0.993. The number of rotatable bonds is 10. The Hall–Kier alpha value is -4.92. The highest BCUT2D eigenvalue weighted by molar-refractivity contribution is 9.10. The summed E-state index contributed by atoms with van der Waals surface area (Å²) >= 11 is 4.84. The van der Waals surface area contributed by atoms with E-state index < -0.39 is 11.2 Å². The highest BCUT2D eigenvalue weighted by atomic mass is 79.9. The van der Waals surface area contributed by atoms with Crippen LogP contribution in [0, 0.1) is 6.92 Å². The van der Waals surface area contributed by atoms with Crippen molar-refractivity contribution in [2.24, 2.45) is 0 Å². The summed E-state index contributed by atoms with van der Waals surface area (Å²) in [5, 5.41) is 8.17. The second-order valence-corrected chi connectivity index (χ2v) is 12.3. The number of anilines is 2. The Balaban J connectivity index is 1.32. The van der Waals surface area contributed by atoms with Crippen LogP contribution in [0.3, 0.4) is 0 Å². The van der Waals surface area contributed by atoms with E-state index in [-0.39, 0.29) is 17.5 Å². The van der Waals surface area contributed by atoms with E-state index >= 15 is 0 Å². The molecule has 0 saturated carbocycles. The number of carbonyl (C=O) groups excluding carboxylic acids is 3. The first-order valence-electron chi connectivity index (χ1n) is 14.2. The van der Waals surface area contributed by atoms with Gasteiger partial charge in [-0.15, -0.1) is 11.8 Å². The van der Waals surface area contributed by atoms with Crippen molar-refractivity contribution in [1.82, 2.24) is 5.32 Å². The molecule has 8 heteroatoms. The second-order valence-electron chi connectivity index (χ2n) is 10.2.